The van der Waals surface area contributed by atoms with Crippen LogP contribution in [0.3, 0.4) is 0 Å². The normalized spacial score (nSPS) is 17.4. The third-order valence-electron chi connectivity index (χ3n) is 7.20. The minimum Gasteiger partial charge on any atom is -0.480 e. The molecule has 1 saturated carbocycles. The summed E-state index contributed by atoms with van der Waals surface area (Å²) >= 11 is 5.11. The van der Waals surface area contributed by atoms with E-state index in [0.717, 1.165) is 5.56 Å². The molecule has 0 radical (unpaired) electrons. The van der Waals surface area contributed by atoms with E-state index in [1.807, 2.05) is 0 Å². The van der Waals surface area contributed by atoms with E-state index < -0.39 is 80.7 Å². The van der Waals surface area contributed by atoms with Gasteiger partial charge in [-0.25, -0.2) is 0 Å². The predicted octanol–water partition coefficient (Wildman–Crippen LogP) is 0.154. The van der Waals surface area contributed by atoms with Crippen LogP contribution in [0.4, 0.5) is 5.69 Å². The Labute approximate surface area is 254 Å². The molecule has 3 atom stereocenters. The number of hydrogen-bond donors (Lipinski definition) is 7. The van der Waals surface area contributed by atoms with E-state index in [1.165, 1.54) is 9.80 Å². The molecule has 0 heterocycles. The fourth-order valence-corrected chi connectivity index (χ4v) is 5.62. The first-order valence-corrected chi connectivity index (χ1v) is 14.1. The first-order valence-electron chi connectivity index (χ1n) is 13.7. The molecule has 2 rings (SSSR count). The van der Waals surface area contributed by atoms with Crippen molar-refractivity contribution in [1.82, 2.24) is 20.0 Å². The highest BCUT2D eigenvalue weighted by Crippen LogP contribution is 2.28. The zero-order valence-electron chi connectivity index (χ0n) is 23.8. The van der Waals surface area contributed by atoms with Crippen molar-refractivity contribution in [2.24, 2.45) is 0 Å². The van der Waals surface area contributed by atoms with Crippen LogP contribution < -0.4 is 10.6 Å². The number of nitrogens with one attached hydrogen (secondary N) is 2. The summed E-state index contributed by atoms with van der Waals surface area (Å²) in [4.78, 5) is 62.9. The lowest BCUT2D eigenvalue weighted by Crippen LogP contribution is -2.59. The zero-order chi connectivity index (χ0) is 32.1. The third-order valence-corrected chi connectivity index (χ3v) is 7.50. The third kappa shape index (κ3) is 12.5. The van der Waals surface area contributed by atoms with Crippen LogP contribution in [0.15, 0.2) is 24.3 Å². The number of carbonyl (C=O) groups is 5. The zero-order valence-corrected chi connectivity index (χ0v) is 24.7. The van der Waals surface area contributed by atoms with Crippen molar-refractivity contribution in [3.63, 3.8) is 0 Å². The molecule has 1 aromatic carbocycles. The Morgan fingerprint density at radius 3 is 1.65 bits per heavy atom. The Morgan fingerprint density at radius 1 is 0.767 bits per heavy atom. The van der Waals surface area contributed by atoms with Gasteiger partial charge in [-0.2, -0.15) is 0 Å². The second-order valence-electron chi connectivity index (χ2n) is 10.4. The van der Waals surface area contributed by atoms with Crippen molar-refractivity contribution >= 4 is 52.9 Å². The molecule has 0 bridgehead atoms. The van der Waals surface area contributed by atoms with E-state index >= 15 is 0 Å². The molecule has 43 heavy (non-hydrogen) atoms. The average molecular weight is 626 g/mol. The Morgan fingerprint density at radius 2 is 1.21 bits per heavy atom. The fourth-order valence-electron chi connectivity index (χ4n) is 5.50. The first-order chi connectivity index (χ1) is 20.3. The van der Waals surface area contributed by atoms with E-state index in [2.05, 4.69) is 10.6 Å². The van der Waals surface area contributed by atoms with Gasteiger partial charge in [-0.05, 0) is 49.2 Å². The van der Waals surface area contributed by atoms with Gasteiger partial charge in [0.15, 0.2) is 5.11 Å². The van der Waals surface area contributed by atoms with Crippen LogP contribution in [0.5, 0.6) is 0 Å². The largest absolute Gasteiger partial charge is 0.480 e. The number of carboxylic acids is 5. The monoisotopic (exact) mass is 625 g/mol. The van der Waals surface area contributed by atoms with Gasteiger partial charge in [0.25, 0.3) is 0 Å². The molecule has 1 aromatic rings. The molecule has 1 fully saturated rings. The molecular formula is C27H39N5O10S. The van der Waals surface area contributed by atoms with Crippen molar-refractivity contribution in [2.45, 2.75) is 50.2 Å². The SMILES string of the molecule is CNC(=S)Nc1ccc(C[C@H](CN(CC(=O)O)[C@@H]2CCCC[C@@H]2N(CC(=O)O)CC(=O)O)N(CC(=O)O)CC(=O)O)cc1. The van der Waals surface area contributed by atoms with Gasteiger partial charge in [-0.1, -0.05) is 25.0 Å². The van der Waals surface area contributed by atoms with Crippen LogP contribution in [0.25, 0.3) is 0 Å². The highest BCUT2D eigenvalue weighted by Gasteiger charge is 2.38. The van der Waals surface area contributed by atoms with E-state index in [1.54, 1.807) is 36.2 Å². The minimum atomic E-state index is -1.26. The highest BCUT2D eigenvalue weighted by atomic mass is 32.1. The maximum absolute atomic E-state index is 12.0. The molecule has 0 spiro atoms. The van der Waals surface area contributed by atoms with Crippen LogP contribution >= 0.6 is 12.2 Å². The molecule has 0 amide bonds. The number of anilines is 1. The molecule has 16 heteroatoms. The maximum atomic E-state index is 12.0. The van der Waals surface area contributed by atoms with Crippen molar-refractivity contribution in [3.05, 3.63) is 29.8 Å². The predicted molar refractivity (Wildman–Crippen MR) is 158 cm³/mol. The van der Waals surface area contributed by atoms with Gasteiger partial charge in [0.2, 0.25) is 0 Å². The van der Waals surface area contributed by atoms with E-state index in [0.29, 0.717) is 36.5 Å². The standard InChI is InChI=1S/C27H39N5O10S/c1-28-27(43)29-18-8-6-17(7-9-18)10-19(30(12-22(33)34)13-23(35)36)11-31(14-24(37)38)20-4-2-3-5-21(20)32(15-25(39)40)16-26(41)42/h6-9,19-21H,2-5,10-16H2,1H3,(H,33,34)(H,35,36)(H,37,38)(H,39,40)(H,41,42)(H2,28,29,43)/t19-,20-,21+/m1/s1. The lowest BCUT2D eigenvalue weighted by Gasteiger charge is -2.45. The van der Waals surface area contributed by atoms with E-state index in [4.69, 9.17) is 12.2 Å². The second kappa shape index (κ2) is 17.3. The van der Waals surface area contributed by atoms with Crippen LogP contribution in [-0.4, -0.2) is 140 Å². The van der Waals surface area contributed by atoms with Crippen LogP contribution in [0, 0.1) is 0 Å². The fraction of sp³-hybridized carbons (Fsp3) is 0.556. The maximum Gasteiger partial charge on any atom is 0.317 e. The van der Waals surface area contributed by atoms with Crippen molar-refractivity contribution in [3.8, 4) is 0 Å². The molecule has 1 aliphatic rings. The van der Waals surface area contributed by atoms with Crippen molar-refractivity contribution in [1.29, 1.82) is 0 Å². The molecule has 15 nitrogen and oxygen atoms in total. The number of nitrogens with zero attached hydrogens (tertiary/aromatic N) is 3. The van der Waals surface area contributed by atoms with E-state index in [9.17, 15) is 49.5 Å². The second-order valence-corrected chi connectivity index (χ2v) is 10.8. The Kier molecular flexibility index (Phi) is 14.2. The number of aliphatic carboxylic acids is 5. The van der Waals surface area contributed by atoms with Crippen LogP contribution in [0.2, 0.25) is 0 Å². The number of carboxylic acid groups (broad SMARTS) is 5. The molecule has 7 N–H and O–H groups in total. The first kappa shape index (κ1) is 35.3. The lowest BCUT2D eigenvalue weighted by atomic mass is 9.87. The summed E-state index contributed by atoms with van der Waals surface area (Å²) in [6.45, 7) is -2.91. The van der Waals surface area contributed by atoms with Crippen LogP contribution in [0.1, 0.15) is 31.2 Å². The van der Waals surface area contributed by atoms with Gasteiger partial charge in [0.05, 0.1) is 32.7 Å². The van der Waals surface area contributed by atoms with Gasteiger partial charge in [0.1, 0.15) is 0 Å². The summed E-state index contributed by atoms with van der Waals surface area (Å²) in [5.74, 6) is -6.17. The quantitative estimate of drug-likeness (QED) is 0.108. The number of thiocarbonyl (C=S) groups is 1. The summed E-state index contributed by atoms with van der Waals surface area (Å²) in [5.41, 5.74) is 1.41. The summed E-state index contributed by atoms with van der Waals surface area (Å²) in [6, 6.07) is 5.07. The number of benzene rings is 1. The molecule has 238 valence electrons. The van der Waals surface area contributed by atoms with Crippen molar-refractivity contribution in [2.75, 3.05) is 51.6 Å². The number of hydrogen-bond acceptors (Lipinski definition) is 9. The lowest BCUT2D eigenvalue weighted by molar-refractivity contribution is -0.146. The van der Waals surface area contributed by atoms with Gasteiger partial charge >= 0.3 is 29.8 Å². The summed E-state index contributed by atoms with van der Waals surface area (Å²) in [6.07, 6.45) is 2.42. The summed E-state index contributed by atoms with van der Waals surface area (Å²) < 4.78 is 0. The van der Waals surface area contributed by atoms with E-state index in [-0.39, 0.29) is 13.0 Å². The topological polar surface area (TPSA) is 220 Å². The van der Waals surface area contributed by atoms with Crippen LogP contribution in [-0.2, 0) is 30.4 Å². The minimum absolute atomic E-state index is 0.0636. The van der Waals surface area contributed by atoms with Gasteiger partial charge in [-0.3, -0.25) is 38.7 Å². The Balaban J connectivity index is 2.49. The molecular weight excluding hydrogens is 586 g/mol. The molecule has 1 aliphatic carbocycles. The molecule has 0 aromatic heterocycles. The molecule has 0 saturated heterocycles. The Hall–Kier alpha value is -3.86. The summed E-state index contributed by atoms with van der Waals surface area (Å²) in [7, 11) is 1.66. The van der Waals surface area contributed by atoms with Gasteiger partial charge < -0.3 is 36.2 Å². The average Bonchev–Trinajstić information content (AvgIpc) is 2.91. The van der Waals surface area contributed by atoms with Gasteiger partial charge in [0, 0.05) is 37.4 Å². The van der Waals surface area contributed by atoms with Gasteiger partial charge in [-0.15, -0.1) is 0 Å². The smallest absolute Gasteiger partial charge is 0.317 e. The summed E-state index contributed by atoms with van der Waals surface area (Å²) in [5, 5.41) is 54.1. The Bertz CT molecular complexity index is 1120. The molecule has 0 aliphatic heterocycles. The number of rotatable bonds is 18. The highest BCUT2D eigenvalue weighted by molar-refractivity contribution is 7.80. The molecule has 0 unspecified atom stereocenters. The van der Waals surface area contributed by atoms with Crippen molar-refractivity contribution < 1.29 is 49.5 Å².